The Hall–Kier alpha value is -2.82. The second kappa shape index (κ2) is 10.6. The van der Waals surface area contributed by atoms with E-state index in [1.165, 1.54) is 5.56 Å². The maximum Gasteiger partial charge on any atom is 0.219 e. The lowest BCUT2D eigenvalue weighted by Crippen LogP contribution is -2.23. The SMILES string of the molecule is CCC(=O)NCCCc1nc2ccccc2n1CCCOc1ccc(CC)cc1. The van der Waals surface area contributed by atoms with Crippen LogP contribution in [0.15, 0.2) is 48.5 Å². The number of carbonyl (C=O) groups is 1. The van der Waals surface area contributed by atoms with E-state index in [0.717, 1.165) is 54.8 Å². The molecule has 0 aliphatic rings. The van der Waals surface area contributed by atoms with Crippen molar-refractivity contribution in [3.8, 4) is 5.75 Å². The third-order valence-corrected chi connectivity index (χ3v) is 5.08. The number of nitrogens with zero attached hydrogens (tertiary/aromatic N) is 2. The minimum absolute atomic E-state index is 0.0996. The van der Waals surface area contributed by atoms with Crippen LogP contribution in [-0.2, 0) is 24.2 Å². The number of hydrogen-bond acceptors (Lipinski definition) is 3. The molecule has 0 spiro atoms. The van der Waals surface area contributed by atoms with Crippen LogP contribution in [0.5, 0.6) is 5.75 Å². The quantitative estimate of drug-likeness (QED) is 0.487. The van der Waals surface area contributed by atoms with Gasteiger partial charge in [-0.25, -0.2) is 4.98 Å². The van der Waals surface area contributed by atoms with E-state index in [1.807, 2.05) is 25.1 Å². The molecule has 2 aromatic carbocycles. The number of aromatic nitrogens is 2. The average Bonchev–Trinajstić information content (AvgIpc) is 3.12. The molecule has 3 aromatic rings. The van der Waals surface area contributed by atoms with Gasteiger partial charge in [-0.05, 0) is 49.1 Å². The van der Waals surface area contributed by atoms with E-state index in [-0.39, 0.29) is 5.91 Å². The average molecular weight is 394 g/mol. The summed E-state index contributed by atoms with van der Waals surface area (Å²) in [5, 5.41) is 2.94. The lowest BCUT2D eigenvalue weighted by Gasteiger charge is -2.11. The summed E-state index contributed by atoms with van der Waals surface area (Å²) in [5.74, 6) is 2.09. The van der Waals surface area contributed by atoms with Gasteiger partial charge in [-0.1, -0.05) is 38.1 Å². The van der Waals surface area contributed by atoms with Gasteiger partial charge < -0.3 is 14.6 Å². The zero-order chi connectivity index (χ0) is 20.5. The number of para-hydroxylation sites is 2. The van der Waals surface area contributed by atoms with Crippen molar-refractivity contribution in [2.45, 2.75) is 52.5 Å². The molecule has 0 unspecified atom stereocenters. The summed E-state index contributed by atoms with van der Waals surface area (Å²) < 4.78 is 8.20. The minimum atomic E-state index is 0.0996. The summed E-state index contributed by atoms with van der Waals surface area (Å²) in [5.41, 5.74) is 3.51. The molecule has 0 bridgehead atoms. The van der Waals surface area contributed by atoms with Gasteiger partial charge in [0, 0.05) is 25.9 Å². The summed E-state index contributed by atoms with van der Waals surface area (Å²) in [6.45, 7) is 6.25. The minimum Gasteiger partial charge on any atom is -0.494 e. The van der Waals surface area contributed by atoms with Gasteiger partial charge in [0.05, 0.1) is 17.6 Å². The molecule has 29 heavy (non-hydrogen) atoms. The van der Waals surface area contributed by atoms with Gasteiger partial charge in [0.1, 0.15) is 11.6 Å². The predicted molar refractivity (Wildman–Crippen MR) is 117 cm³/mol. The number of nitrogens with one attached hydrogen (secondary N) is 1. The van der Waals surface area contributed by atoms with Crippen LogP contribution in [0.3, 0.4) is 0 Å². The summed E-state index contributed by atoms with van der Waals surface area (Å²) >= 11 is 0. The highest BCUT2D eigenvalue weighted by molar-refractivity contribution is 5.76. The van der Waals surface area contributed by atoms with Crippen LogP contribution in [-0.4, -0.2) is 28.6 Å². The molecule has 1 N–H and O–H groups in total. The van der Waals surface area contributed by atoms with Gasteiger partial charge in [-0.15, -0.1) is 0 Å². The molecule has 0 atom stereocenters. The van der Waals surface area contributed by atoms with Crippen molar-refractivity contribution in [3.05, 3.63) is 59.9 Å². The second-order valence-corrected chi connectivity index (χ2v) is 7.17. The second-order valence-electron chi connectivity index (χ2n) is 7.17. The van der Waals surface area contributed by atoms with E-state index in [9.17, 15) is 4.79 Å². The summed E-state index contributed by atoms with van der Waals surface area (Å²) in [6, 6.07) is 16.6. The highest BCUT2D eigenvalue weighted by atomic mass is 16.5. The molecule has 154 valence electrons. The number of aryl methyl sites for hydroxylation is 3. The van der Waals surface area contributed by atoms with Gasteiger partial charge in [0.25, 0.3) is 0 Å². The molecular formula is C24H31N3O2. The number of carbonyl (C=O) groups excluding carboxylic acids is 1. The molecular weight excluding hydrogens is 362 g/mol. The van der Waals surface area contributed by atoms with Gasteiger partial charge in [-0.3, -0.25) is 4.79 Å². The molecule has 1 amide bonds. The van der Waals surface area contributed by atoms with Gasteiger partial charge in [-0.2, -0.15) is 0 Å². The molecule has 0 saturated heterocycles. The van der Waals surface area contributed by atoms with E-state index >= 15 is 0 Å². The standard InChI is InChI=1S/C24H31N3O2/c1-3-19-12-14-20(15-13-19)29-18-8-17-27-22-10-6-5-9-21(22)26-23(27)11-7-16-25-24(28)4-2/h5-6,9-10,12-15H,3-4,7-8,11,16-18H2,1-2H3,(H,25,28). The highest BCUT2D eigenvalue weighted by Crippen LogP contribution is 2.18. The Bertz CT molecular complexity index is 916. The van der Waals surface area contributed by atoms with Crippen LogP contribution in [0.4, 0.5) is 0 Å². The Labute approximate surface area is 173 Å². The topological polar surface area (TPSA) is 56.2 Å². The van der Waals surface area contributed by atoms with E-state index in [1.54, 1.807) is 0 Å². The molecule has 1 aromatic heterocycles. The number of rotatable bonds is 11. The fourth-order valence-electron chi connectivity index (χ4n) is 3.40. The number of hydrogen-bond donors (Lipinski definition) is 1. The summed E-state index contributed by atoms with van der Waals surface area (Å²) in [4.78, 5) is 16.2. The molecule has 0 radical (unpaired) electrons. The van der Waals surface area contributed by atoms with Crippen molar-refractivity contribution in [1.29, 1.82) is 0 Å². The van der Waals surface area contributed by atoms with Crippen LogP contribution in [0.25, 0.3) is 11.0 Å². The normalized spacial score (nSPS) is 11.0. The zero-order valence-corrected chi connectivity index (χ0v) is 17.5. The fourth-order valence-corrected chi connectivity index (χ4v) is 3.40. The third-order valence-electron chi connectivity index (χ3n) is 5.08. The Morgan fingerprint density at radius 3 is 2.62 bits per heavy atom. The van der Waals surface area contributed by atoms with Crippen molar-refractivity contribution >= 4 is 16.9 Å². The van der Waals surface area contributed by atoms with E-state index in [0.29, 0.717) is 19.6 Å². The summed E-state index contributed by atoms with van der Waals surface area (Å²) in [7, 11) is 0. The Morgan fingerprint density at radius 2 is 1.86 bits per heavy atom. The first kappa shape index (κ1) is 20.9. The Balaban J connectivity index is 1.57. The monoisotopic (exact) mass is 393 g/mol. The number of benzene rings is 2. The molecule has 0 saturated carbocycles. The van der Waals surface area contributed by atoms with Gasteiger partial charge in [0.15, 0.2) is 0 Å². The first-order valence-corrected chi connectivity index (χ1v) is 10.6. The molecule has 5 nitrogen and oxygen atoms in total. The largest absolute Gasteiger partial charge is 0.494 e. The Morgan fingerprint density at radius 1 is 1.07 bits per heavy atom. The smallest absolute Gasteiger partial charge is 0.219 e. The maximum atomic E-state index is 11.4. The molecule has 0 aliphatic carbocycles. The molecule has 1 heterocycles. The zero-order valence-electron chi connectivity index (χ0n) is 17.5. The van der Waals surface area contributed by atoms with Crippen molar-refractivity contribution in [1.82, 2.24) is 14.9 Å². The maximum absolute atomic E-state index is 11.4. The van der Waals surface area contributed by atoms with E-state index in [4.69, 9.17) is 9.72 Å². The lowest BCUT2D eigenvalue weighted by atomic mass is 10.2. The molecule has 0 fully saturated rings. The first-order chi connectivity index (χ1) is 14.2. The van der Waals surface area contributed by atoms with Crippen molar-refractivity contribution in [2.75, 3.05) is 13.2 Å². The van der Waals surface area contributed by atoms with Crippen LogP contribution in [0.2, 0.25) is 0 Å². The predicted octanol–water partition coefficient (Wildman–Crippen LogP) is 4.53. The third kappa shape index (κ3) is 5.83. The fraction of sp³-hybridized carbons (Fsp3) is 0.417. The number of amides is 1. The molecule has 3 rings (SSSR count). The van der Waals surface area contributed by atoms with Gasteiger partial charge in [0.2, 0.25) is 5.91 Å². The Kier molecular flexibility index (Phi) is 7.68. The van der Waals surface area contributed by atoms with Crippen molar-refractivity contribution in [2.24, 2.45) is 0 Å². The molecule has 5 heteroatoms. The summed E-state index contributed by atoms with van der Waals surface area (Å²) in [6.07, 6.45) is 4.21. The van der Waals surface area contributed by atoms with Crippen molar-refractivity contribution in [3.63, 3.8) is 0 Å². The van der Waals surface area contributed by atoms with E-state index in [2.05, 4.69) is 47.1 Å². The number of ether oxygens (including phenoxy) is 1. The van der Waals surface area contributed by atoms with Crippen LogP contribution in [0, 0.1) is 0 Å². The molecule has 0 aliphatic heterocycles. The van der Waals surface area contributed by atoms with Crippen LogP contribution < -0.4 is 10.1 Å². The first-order valence-electron chi connectivity index (χ1n) is 10.6. The van der Waals surface area contributed by atoms with Crippen LogP contribution in [0.1, 0.15) is 44.5 Å². The van der Waals surface area contributed by atoms with E-state index < -0.39 is 0 Å². The van der Waals surface area contributed by atoms with Crippen molar-refractivity contribution < 1.29 is 9.53 Å². The number of fused-ring (bicyclic) bond motifs is 1. The highest BCUT2D eigenvalue weighted by Gasteiger charge is 2.10. The van der Waals surface area contributed by atoms with Crippen LogP contribution >= 0.6 is 0 Å². The number of imidazole rings is 1. The van der Waals surface area contributed by atoms with Gasteiger partial charge >= 0.3 is 0 Å². The lowest BCUT2D eigenvalue weighted by molar-refractivity contribution is -0.120.